The molecule has 0 saturated carbocycles. The number of aromatic amines is 1. The van der Waals surface area contributed by atoms with Crippen LogP contribution in [-0.4, -0.2) is 56.3 Å². The van der Waals surface area contributed by atoms with E-state index in [4.69, 9.17) is 15.1 Å². The second kappa shape index (κ2) is 11.4. The highest BCUT2D eigenvalue weighted by molar-refractivity contribution is 6.08. The molecular weight excluding hydrogens is 458 g/mol. The van der Waals surface area contributed by atoms with E-state index >= 15 is 0 Å². The van der Waals surface area contributed by atoms with Gasteiger partial charge in [0.1, 0.15) is 12.1 Å². The fraction of sp³-hybridized carbons (Fsp3) is 0.577. The number of carbonyl (C=O) groups is 2. The monoisotopic (exact) mass is 493 g/mol. The number of fused-ring (bicyclic) bond motifs is 3. The van der Waals surface area contributed by atoms with E-state index in [0.717, 1.165) is 48.7 Å². The van der Waals surface area contributed by atoms with E-state index in [-0.39, 0.29) is 24.3 Å². The van der Waals surface area contributed by atoms with Crippen LogP contribution < -0.4 is 5.32 Å². The minimum Gasteiger partial charge on any atom is -0.449 e. The van der Waals surface area contributed by atoms with Gasteiger partial charge in [-0.15, -0.1) is 0 Å². The highest BCUT2D eigenvalue weighted by atomic mass is 16.5. The van der Waals surface area contributed by atoms with Gasteiger partial charge in [-0.25, -0.2) is 9.78 Å². The molecule has 0 aliphatic carbocycles. The minimum absolute atomic E-state index is 0.116. The molecule has 0 radical (unpaired) electrons. The van der Waals surface area contributed by atoms with Crippen LogP contribution in [0.4, 0.5) is 10.6 Å². The first-order valence-electron chi connectivity index (χ1n) is 12.9. The Balaban J connectivity index is 1.63. The molecule has 1 aliphatic heterocycles. The second-order valence-corrected chi connectivity index (χ2v) is 9.70. The van der Waals surface area contributed by atoms with Crippen LogP contribution in [0, 0.1) is 23.2 Å². The third-order valence-electron chi connectivity index (χ3n) is 7.28. The SMILES string of the molecule is CCCCC(CC)COC(=O)Nc1nn([C@H]2CN(C(=O)CC#N)CC[C@H]2C)c2c1cnc1[nH]ccc12. The number of nitrogens with one attached hydrogen (secondary N) is 2. The molecule has 36 heavy (non-hydrogen) atoms. The molecule has 0 aromatic carbocycles. The van der Waals surface area contributed by atoms with Crippen LogP contribution in [0.25, 0.3) is 21.9 Å². The molecule has 3 aromatic heterocycles. The van der Waals surface area contributed by atoms with E-state index in [1.807, 2.05) is 23.0 Å². The molecule has 3 aromatic rings. The van der Waals surface area contributed by atoms with Crippen LogP contribution in [-0.2, 0) is 9.53 Å². The number of hydrogen-bond donors (Lipinski definition) is 2. The lowest BCUT2D eigenvalue weighted by Gasteiger charge is -2.37. The molecule has 2 amide bonds. The molecule has 4 heterocycles. The van der Waals surface area contributed by atoms with Crippen LogP contribution in [0.5, 0.6) is 0 Å². The predicted octanol–water partition coefficient (Wildman–Crippen LogP) is 5.00. The Morgan fingerprint density at radius 3 is 2.94 bits per heavy atom. The summed E-state index contributed by atoms with van der Waals surface area (Å²) in [5, 5.41) is 18.2. The summed E-state index contributed by atoms with van der Waals surface area (Å²) in [6.07, 6.45) is 7.88. The van der Waals surface area contributed by atoms with Crippen molar-refractivity contribution >= 4 is 39.8 Å². The maximum atomic E-state index is 12.7. The fourth-order valence-electron chi connectivity index (χ4n) is 4.96. The van der Waals surface area contributed by atoms with Crippen molar-refractivity contribution in [3.05, 3.63) is 18.5 Å². The number of piperidine rings is 1. The van der Waals surface area contributed by atoms with E-state index in [1.165, 1.54) is 0 Å². The summed E-state index contributed by atoms with van der Waals surface area (Å²) in [6, 6.07) is 3.78. The Morgan fingerprint density at radius 1 is 1.36 bits per heavy atom. The number of likely N-dealkylation sites (tertiary alicyclic amines) is 1. The van der Waals surface area contributed by atoms with E-state index in [9.17, 15) is 9.59 Å². The van der Waals surface area contributed by atoms with Crippen molar-refractivity contribution in [2.45, 2.75) is 65.3 Å². The Kier molecular flexibility index (Phi) is 8.08. The number of hydrogen-bond acceptors (Lipinski definition) is 6. The van der Waals surface area contributed by atoms with Crippen LogP contribution in [0.1, 0.15) is 65.3 Å². The fourth-order valence-corrected chi connectivity index (χ4v) is 4.96. The van der Waals surface area contributed by atoms with Crippen molar-refractivity contribution in [1.29, 1.82) is 5.26 Å². The third-order valence-corrected chi connectivity index (χ3v) is 7.28. The van der Waals surface area contributed by atoms with E-state index in [1.54, 1.807) is 11.1 Å². The van der Waals surface area contributed by atoms with Gasteiger partial charge >= 0.3 is 6.09 Å². The number of anilines is 1. The quantitative estimate of drug-likeness (QED) is 0.431. The molecule has 3 atom stereocenters. The summed E-state index contributed by atoms with van der Waals surface area (Å²) in [7, 11) is 0. The average molecular weight is 494 g/mol. The number of carbonyl (C=O) groups excluding carboxylic acids is 2. The van der Waals surface area contributed by atoms with Crippen molar-refractivity contribution in [3.8, 4) is 6.07 Å². The third kappa shape index (κ3) is 5.30. The minimum atomic E-state index is -0.534. The van der Waals surface area contributed by atoms with Crippen molar-refractivity contribution in [2.75, 3.05) is 25.0 Å². The topological polar surface area (TPSA) is 129 Å². The zero-order valence-electron chi connectivity index (χ0n) is 21.3. The number of ether oxygens (including phenoxy) is 1. The van der Waals surface area contributed by atoms with Gasteiger partial charge in [0.2, 0.25) is 5.91 Å². The number of nitrogens with zero attached hydrogens (tertiary/aromatic N) is 5. The normalized spacial score (nSPS) is 18.8. The highest BCUT2D eigenvalue weighted by Crippen LogP contribution is 2.36. The zero-order valence-corrected chi connectivity index (χ0v) is 21.3. The van der Waals surface area contributed by atoms with Crippen LogP contribution in [0.3, 0.4) is 0 Å². The molecule has 1 fully saturated rings. The van der Waals surface area contributed by atoms with Gasteiger partial charge in [0.25, 0.3) is 0 Å². The smallest absolute Gasteiger partial charge is 0.412 e. The number of H-pyrrole nitrogens is 1. The van der Waals surface area contributed by atoms with Crippen molar-refractivity contribution in [3.63, 3.8) is 0 Å². The zero-order chi connectivity index (χ0) is 25.7. The first-order valence-corrected chi connectivity index (χ1v) is 12.9. The lowest BCUT2D eigenvalue weighted by atomic mass is 9.93. The maximum absolute atomic E-state index is 12.7. The molecular formula is C26H35N7O3. The van der Waals surface area contributed by atoms with Crippen molar-refractivity contribution in [1.82, 2.24) is 24.6 Å². The number of aromatic nitrogens is 4. The summed E-state index contributed by atoms with van der Waals surface area (Å²) < 4.78 is 7.47. The standard InChI is InChI=1S/C26H35N7O3/c1-4-6-7-18(5-2)16-36-26(35)30-25-20-14-29-24-19(9-12-28-24)23(20)33(31-25)21-15-32(13-10-17(21)3)22(34)8-11-27/h9,12,14,17-18,21H,4-8,10,13,15-16H2,1-3H3,(H,28,29)(H,30,31,35)/t17-,18?,21+/m1/s1. The molecule has 2 N–H and O–H groups in total. The Labute approximate surface area is 211 Å². The lowest BCUT2D eigenvalue weighted by molar-refractivity contribution is -0.132. The molecule has 10 heteroatoms. The Morgan fingerprint density at radius 2 is 2.19 bits per heavy atom. The first kappa shape index (κ1) is 25.5. The van der Waals surface area contributed by atoms with Gasteiger partial charge < -0.3 is 14.6 Å². The maximum Gasteiger partial charge on any atom is 0.412 e. The Hall–Kier alpha value is -3.61. The molecule has 4 rings (SSSR count). The van der Waals surface area contributed by atoms with Gasteiger partial charge in [-0.05, 0) is 30.7 Å². The highest BCUT2D eigenvalue weighted by Gasteiger charge is 2.33. The van der Waals surface area contributed by atoms with Crippen molar-refractivity contribution < 1.29 is 14.3 Å². The van der Waals surface area contributed by atoms with Crippen LogP contribution >= 0.6 is 0 Å². The van der Waals surface area contributed by atoms with Gasteiger partial charge in [-0.1, -0.05) is 40.0 Å². The second-order valence-electron chi connectivity index (χ2n) is 9.70. The summed E-state index contributed by atoms with van der Waals surface area (Å²) in [5.41, 5.74) is 1.57. The summed E-state index contributed by atoms with van der Waals surface area (Å²) >= 11 is 0. The van der Waals surface area contributed by atoms with Gasteiger partial charge in [0, 0.05) is 30.9 Å². The predicted molar refractivity (Wildman–Crippen MR) is 137 cm³/mol. The van der Waals surface area contributed by atoms with Gasteiger partial charge in [0.05, 0.1) is 29.6 Å². The van der Waals surface area contributed by atoms with E-state index < -0.39 is 6.09 Å². The number of unbranched alkanes of at least 4 members (excludes halogenated alkanes) is 1. The molecule has 0 spiro atoms. The molecule has 0 bridgehead atoms. The molecule has 1 unspecified atom stereocenters. The molecule has 1 aliphatic rings. The average Bonchev–Trinajstić information content (AvgIpc) is 3.49. The van der Waals surface area contributed by atoms with Gasteiger partial charge in [-0.3, -0.25) is 14.8 Å². The molecule has 192 valence electrons. The number of pyridine rings is 1. The summed E-state index contributed by atoms with van der Waals surface area (Å²) in [6.45, 7) is 7.85. The Bertz CT molecular complexity index is 1260. The first-order chi connectivity index (χ1) is 17.5. The molecule has 1 saturated heterocycles. The lowest BCUT2D eigenvalue weighted by Crippen LogP contribution is -2.44. The van der Waals surface area contributed by atoms with Crippen LogP contribution in [0.15, 0.2) is 18.5 Å². The van der Waals surface area contributed by atoms with Crippen LogP contribution in [0.2, 0.25) is 0 Å². The van der Waals surface area contributed by atoms with Gasteiger partial charge in [0.15, 0.2) is 5.82 Å². The number of rotatable bonds is 9. The van der Waals surface area contributed by atoms with Crippen molar-refractivity contribution in [2.24, 2.45) is 11.8 Å². The number of nitriles is 1. The summed E-state index contributed by atoms with van der Waals surface area (Å²) in [5.74, 6) is 0.797. The summed E-state index contributed by atoms with van der Waals surface area (Å²) in [4.78, 5) is 34.6. The largest absolute Gasteiger partial charge is 0.449 e. The number of amides is 2. The van der Waals surface area contributed by atoms with E-state index in [2.05, 4.69) is 36.1 Å². The van der Waals surface area contributed by atoms with Gasteiger partial charge in [-0.2, -0.15) is 10.4 Å². The molecule has 10 nitrogen and oxygen atoms in total. The van der Waals surface area contributed by atoms with E-state index in [0.29, 0.717) is 36.8 Å².